The first-order valence-corrected chi connectivity index (χ1v) is 13.3. The topological polar surface area (TPSA) is 125 Å². The third kappa shape index (κ3) is 6.92. The van der Waals surface area contributed by atoms with Crippen LogP contribution in [0, 0.1) is 11.7 Å². The molecule has 0 radical (unpaired) electrons. The highest BCUT2D eigenvalue weighted by molar-refractivity contribution is 7.89. The molecule has 3 amide bonds. The number of hydrogen-bond acceptors (Lipinski definition) is 5. The molecule has 1 aromatic heterocycles. The van der Waals surface area contributed by atoms with Crippen LogP contribution in [0.25, 0.3) is 11.3 Å². The first-order valence-electron chi connectivity index (χ1n) is 11.3. The van der Waals surface area contributed by atoms with Crippen LogP contribution >= 0.6 is 11.6 Å². The third-order valence-corrected chi connectivity index (χ3v) is 7.60. The molecule has 3 rings (SSSR count). The van der Waals surface area contributed by atoms with Crippen LogP contribution in [0.1, 0.15) is 43.0 Å². The zero-order chi connectivity index (χ0) is 25.8. The molecule has 3 N–H and O–H groups in total. The molecule has 1 saturated carbocycles. The molecule has 1 heterocycles. The minimum absolute atomic E-state index is 0.0735. The molecule has 1 fully saturated rings. The number of halogens is 2. The average Bonchev–Trinajstić information content (AvgIpc) is 3.25. The highest BCUT2D eigenvalue weighted by Gasteiger charge is 2.30. The fourth-order valence-corrected chi connectivity index (χ4v) is 5.69. The summed E-state index contributed by atoms with van der Waals surface area (Å²) in [4.78, 5) is 32.5. The van der Waals surface area contributed by atoms with Crippen molar-refractivity contribution in [2.45, 2.75) is 38.6 Å². The van der Waals surface area contributed by atoms with Gasteiger partial charge in [-0.15, -0.1) is 4.83 Å². The van der Waals surface area contributed by atoms with Gasteiger partial charge < -0.3 is 14.8 Å². The van der Waals surface area contributed by atoms with Crippen molar-refractivity contribution in [3.63, 3.8) is 0 Å². The van der Waals surface area contributed by atoms with Crippen molar-refractivity contribution in [3.05, 3.63) is 41.1 Å². The maximum absolute atomic E-state index is 14.6. The predicted octanol–water partition coefficient (Wildman–Crippen LogP) is 2.66. The van der Waals surface area contributed by atoms with Gasteiger partial charge in [-0.05, 0) is 44.2 Å². The number of nitrogens with zero attached hydrogens (tertiary/aromatic N) is 3. The molecule has 35 heavy (non-hydrogen) atoms. The Labute approximate surface area is 209 Å². The third-order valence-electron chi connectivity index (χ3n) is 6.00. The minimum atomic E-state index is -3.92. The van der Waals surface area contributed by atoms with Crippen molar-refractivity contribution in [3.8, 4) is 11.3 Å². The van der Waals surface area contributed by atoms with Gasteiger partial charge in [0, 0.05) is 38.4 Å². The van der Waals surface area contributed by atoms with E-state index in [1.54, 1.807) is 36.1 Å². The van der Waals surface area contributed by atoms with E-state index in [0.29, 0.717) is 30.6 Å². The first-order chi connectivity index (χ1) is 16.5. The van der Waals surface area contributed by atoms with Crippen molar-refractivity contribution in [2.75, 3.05) is 19.3 Å². The van der Waals surface area contributed by atoms with E-state index in [-0.39, 0.29) is 28.8 Å². The number of sulfonamides is 1. The smallest absolute Gasteiger partial charge is 0.317 e. The Morgan fingerprint density at radius 3 is 2.71 bits per heavy atom. The van der Waals surface area contributed by atoms with Gasteiger partial charge in [0.15, 0.2) is 5.82 Å². The van der Waals surface area contributed by atoms with Gasteiger partial charge in [0.2, 0.25) is 10.0 Å². The van der Waals surface area contributed by atoms with E-state index in [1.165, 1.54) is 12.1 Å². The van der Waals surface area contributed by atoms with Crippen molar-refractivity contribution >= 4 is 33.6 Å². The number of rotatable bonds is 8. The summed E-state index contributed by atoms with van der Waals surface area (Å²) in [7, 11) is -0.459. The summed E-state index contributed by atoms with van der Waals surface area (Å²) in [5.74, 6) is -2.38. The van der Waals surface area contributed by atoms with Crippen LogP contribution in [0.5, 0.6) is 0 Å². The van der Waals surface area contributed by atoms with Crippen LogP contribution in [0.15, 0.2) is 24.7 Å². The van der Waals surface area contributed by atoms with Gasteiger partial charge in [-0.25, -0.2) is 22.6 Å². The molecular weight excluding hydrogens is 499 g/mol. The lowest BCUT2D eigenvalue weighted by Gasteiger charge is -2.35. The number of hydrazine groups is 1. The standard InChI is InChI=1S/C22H30ClFN6O4S/c1-4-25-22(32)30(3)16-7-5-6-14(8-16)12-35(33,34)28-27-21(31)17-9-15(10-18(23)20(17)24)19-11-29(2)13-26-19/h9-11,13-14,16,28H,4-8,12H2,1-3H3,(H,25,32)(H,27,31). The van der Waals surface area contributed by atoms with Crippen LogP contribution in [-0.4, -0.2) is 60.2 Å². The summed E-state index contributed by atoms with van der Waals surface area (Å²) < 4.78 is 41.5. The van der Waals surface area contributed by atoms with Crippen molar-refractivity contribution < 1.29 is 22.4 Å². The highest BCUT2D eigenvalue weighted by atomic mass is 35.5. The van der Waals surface area contributed by atoms with Gasteiger partial charge >= 0.3 is 6.03 Å². The Balaban J connectivity index is 1.63. The molecule has 2 atom stereocenters. The molecule has 0 saturated heterocycles. The fraction of sp³-hybridized carbons (Fsp3) is 0.500. The first kappa shape index (κ1) is 26.9. The number of carbonyl (C=O) groups is 2. The molecule has 0 spiro atoms. The number of aryl methyl sites for hydroxylation is 1. The van der Waals surface area contributed by atoms with Crippen LogP contribution < -0.4 is 15.6 Å². The number of benzene rings is 1. The van der Waals surface area contributed by atoms with Crippen LogP contribution in [-0.2, 0) is 17.1 Å². The van der Waals surface area contributed by atoms with E-state index in [0.717, 1.165) is 12.8 Å². The Kier molecular flexibility index (Phi) is 8.73. The number of urea groups is 1. The van der Waals surface area contributed by atoms with Crippen LogP contribution in [0.2, 0.25) is 5.02 Å². The Morgan fingerprint density at radius 2 is 2.06 bits per heavy atom. The Morgan fingerprint density at radius 1 is 1.31 bits per heavy atom. The number of hydrogen-bond donors (Lipinski definition) is 3. The average molecular weight is 529 g/mol. The van der Waals surface area contributed by atoms with Gasteiger partial charge in [0.05, 0.1) is 28.4 Å². The number of amides is 3. The lowest BCUT2D eigenvalue weighted by atomic mass is 9.86. The molecule has 192 valence electrons. The molecule has 0 aliphatic heterocycles. The molecule has 1 aliphatic rings. The van der Waals surface area contributed by atoms with Crippen molar-refractivity contribution in [1.82, 2.24) is 30.0 Å². The SMILES string of the molecule is CCNC(=O)N(C)C1CCCC(CS(=O)(=O)NNC(=O)c2cc(-c3cn(C)cn3)cc(Cl)c2F)C1. The minimum Gasteiger partial charge on any atom is -0.340 e. The molecular formula is C22H30ClFN6O4S. The Bertz CT molecular complexity index is 1190. The molecule has 1 aromatic carbocycles. The number of aromatic nitrogens is 2. The lowest BCUT2D eigenvalue weighted by molar-refractivity contribution is 0.0940. The monoisotopic (exact) mass is 528 g/mol. The largest absolute Gasteiger partial charge is 0.340 e. The van der Waals surface area contributed by atoms with Crippen LogP contribution in [0.3, 0.4) is 0 Å². The van der Waals surface area contributed by atoms with Crippen molar-refractivity contribution in [2.24, 2.45) is 13.0 Å². The molecule has 2 unspecified atom stereocenters. The van der Waals surface area contributed by atoms with E-state index in [2.05, 4.69) is 20.6 Å². The number of carbonyl (C=O) groups excluding carboxylic acids is 2. The summed E-state index contributed by atoms with van der Waals surface area (Å²) in [6.45, 7) is 2.34. The second-order valence-electron chi connectivity index (χ2n) is 8.71. The van der Waals surface area contributed by atoms with E-state index < -0.39 is 27.3 Å². The quantitative estimate of drug-likeness (QED) is 0.454. The van der Waals surface area contributed by atoms with Gasteiger partial charge in [0.25, 0.3) is 5.91 Å². The molecule has 10 nitrogen and oxygen atoms in total. The van der Waals surface area contributed by atoms with Gasteiger partial charge in [-0.3, -0.25) is 10.2 Å². The van der Waals surface area contributed by atoms with E-state index in [1.807, 2.05) is 6.92 Å². The zero-order valence-electron chi connectivity index (χ0n) is 19.8. The maximum Gasteiger partial charge on any atom is 0.317 e. The fourth-order valence-electron chi connectivity index (χ4n) is 4.21. The highest BCUT2D eigenvalue weighted by Crippen LogP contribution is 2.29. The summed E-state index contributed by atoms with van der Waals surface area (Å²) in [5.41, 5.74) is 2.55. The van der Waals surface area contributed by atoms with E-state index >= 15 is 0 Å². The maximum atomic E-state index is 14.6. The molecule has 2 aromatic rings. The molecule has 0 bridgehead atoms. The summed E-state index contributed by atoms with van der Waals surface area (Å²) in [5, 5.41) is 2.46. The second kappa shape index (κ2) is 11.4. The molecule has 1 aliphatic carbocycles. The Hall–Kier alpha value is -2.70. The summed E-state index contributed by atoms with van der Waals surface area (Å²) in [6.07, 6.45) is 6.01. The predicted molar refractivity (Wildman–Crippen MR) is 131 cm³/mol. The lowest BCUT2D eigenvalue weighted by Crippen LogP contribution is -2.47. The number of nitrogens with one attached hydrogen (secondary N) is 3. The summed E-state index contributed by atoms with van der Waals surface area (Å²) in [6, 6.07) is 2.34. The zero-order valence-corrected chi connectivity index (χ0v) is 21.4. The summed E-state index contributed by atoms with van der Waals surface area (Å²) >= 11 is 5.96. The van der Waals surface area contributed by atoms with Gasteiger partial charge in [0.1, 0.15) is 0 Å². The van der Waals surface area contributed by atoms with E-state index in [9.17, 15) is 22.4 Å². The number of imidazole rings is 1. The van der Waals surface area contributed by atoms with Crippen molar-refractivity contribution in [1.29, 1.82) is 0 Å². The van der Waals surface area contributed by atoms with Gasteiger partial charge in [-0.2, -0.15) is 0 Å². The normalized spacial score (nSPS) is 18.2. The van der Waals surface area contributed by atoms with Crippen LogP contribution in [0.4, 0.5) is 9.18 Å². The molecule has 13 heteroatoms. The second-order valence-corrected chi connectivity index (χ2v) is 10.9. The van der Waals surface area contributed by atoms with E-state index in [4.69, 9.17) is 11.6 Å². The van der Waals surface area contributed by atoms with Gasteiger partial charge in [-0.1, -0.05) is 18.0 Å².